The minimum atomic E-state index is -0.277. The van der Waals surface area contributed by atoms with Crippen molar-refractivity contribution in [2.24, 2.45) is 0 Å². The first-order valence-corrected chi connectivity index (χ1v) is 8.32. The maximum absolute atomic E-state index is 13.0. The number of nitrogens with zero attached hydrogens (tertiary/aromatic N) is 2. The Morgan fingerprint density at radius 3 is 2.48 bits per heavy atom. The Labute approximate surface area is 147 Å². The molecule has 0 saturated heterocycles. The highest BCUT2D eigenvalue weighted by Gasteiger charge is 2.38. The van der Waals surface area contributed by atoms with Crippen LogP contribution in [0.5, 0.6) is 0 Å². The molecule has 1 unspecified atom stereocenters. The third-order valence-electron chi connectivity index (χ3n) is 4.47. The first kappa shape index (κ1) is 15.4. The van der Waals surface area contributed by atoms with Gasteiger partial charge in [-0.2, -0.15) is 0 Å². The summed E-state index contributed by atoms with van der Waals surface area (Å²) in [5.74, 6) is 0.629. The lowest BCUT2D eigenvalue weighted by atomic mass is 10.1. The van der Waals surface area contributed by atoms with Crippen LogP contribution in [0.15, 0.2) is 66.9 Å². The van der Waals surface area contributed by atoms with Crippen molar-refractivity contribution in [3.63, 3.8) is 0 Å². The van der Waals surface area contributed by atoms with E-state index >= 15 is 0 Å². The summed E-state index contributed by atoms with van der Waals surface area (Å²) in [6.45, 7) is 4.06. The van der Waals surface area contributed by atoms with Crippen LogP contribution in [0.3, 0.4) is 0 Å². The number of hydrogen-bond donors (Lipinski definition) is 1. The molecule has 1 aliphatic heterocycles. The zero-order chi connectivity index (χ0) is 17.4. The lowest BCUT2D eigenvalue weighted by Gasteiger charge is -2.26. The maximum atomic E-state index is 13.0. The van der Waals surface area contributed by atoms with E-state index in [0.29, 0.717) is 5.82 Å². The Balaban J connectivity index is 1.78. The SMILES string of the molecule is Cc1ccc(NC2c3ccccc3C(=O)N2c2cc(C)ccn2)cc1. The quantitative estimate of drug-likeness (QED) is 0.771. The first-order chi connectivity index (χ1) is 12.1. The van der Waals surface area contributed by atoms with Gasteiger partial charge in [-0.1, -0.05) is 35.9 Å². The number of anilines is 2. The highest BCUT2D eigenvalue weighted by atomic mass is 16.2. The van der Waals surface area contributed by atoms with Crippen LogP contribution in [-0.2, 0) is 0 Å². The number of hydrogen-bond acceptors (Lipinski definition) is 3. The van der Waals surface area contributed by atoms with E-state index in [1.54, 1.807) is 11.1 Å². The highest BCUT2D eigenvalue weighted by molar-refractivity contribution is 6.11. The lowest BCUT2D eigenvalue weighted by Crippen LogP contribution is -2.33. The number of aromatic nitrogens is 1. The van der Waals surface area contributed by atoms with E-state index in [1.165, 1.54) is 5.56 Å². The molecular weight excluding hydrogens is 310 g/mol. The van der Waals surface area contributed by atoms with Gasteiger partial charge in [-0.25, -0.2) is 4.98 Å². The van der Waals surface area contributed by atoms with Crippen LogP contribution in [0, 0.1) is 13.8 Å². The summed E-state index contributed by atoms with van der Waals surface area (Å²) in [6.07, 6.45) is 1.46. The average molecular weight is 329 g/mol. The van der Waals surface area contributed by atoms with E-state index < -0.39 is 0 Å². The van der Waals surface area contributed by atoms with Crippen molar-refractivity contribution in [1.29, 1.82) is 0 Å². The molecule has 1 aliphatic rings. The summed E-state index contributed by atoms with van der Waals surface area (Å²) in [4.78, 5) is 19.2. The molecule has 1 N–H and O–H groups in total. The average Bonchev–Trinajstić information content (AvgIpc) is 2.89. The molecule has 0 fully saturated rings. The van der Waals surface area contributed by atoms with E-state index in [2.05, 4.69) is 29.4 Å². The van der Waals surface area contributed by atoms with Gasteiger partial charge in [-0.3, -0.25) is 9.69 Å². The van der Waals surface area contributed by atoms with Crippen molar-refractivity contribution in [1.82, 2.24) is 4.98 Å². The number of carbonyl (C=O) groups excluding carboxylic acids is 1. The molecule has 2 aromatic carbocycles. The molecule has 0 bridgehead atoms. The third kappa shape index (κ3) is 2.76. The molecule has 1 atom stereocenters. The van der Waals surface area contributed by atoms with E-state index in [4.69, 9.17) is 0 Å². The molecule has 0 saturated carbocycles. The predicted octanol–water partition coefficient (Wildman–Crippen LogP) is 4.47. The minimum absolute atomic E-state index is 0.0293. The summed E-state index contributed by atoms with van der Waals surface area (Å²) in [7, 11) is 0. The summed E-state index contributed by atoms with van der Waals surface area (Å²) < 4.78 is 0. The van der Waals surface area contributed by atoms with Crippen LogP contribution in [0.1, 0.15) is 33.2 Å². The molecule has 0 spiro atoms. The smallest absolute Gasteiger partial charge is 0.261 e. The Hall–Kier alpha value is -3.14. The number of fused-ring (bicyclic) bond motifs is 1. The van der Waals surface area contributed by atoms with Crippen molar-refractivity contribution in [3.8, 4) is 0 Å². The van der Waals surface area contributed by atoms with Gasteiger partial charge in [0, 0.05) is 23.0 Å². The minimum Gasteiger partial charge on any atom is -0.361 e. The normalized spacial score (nSPS) is 16.0. The second-order valence-electron chi connectivity index (χ2n) is 6.37. The topological polar surface area (TPSA) is 45.2 Å². The highest BCUT2D eigenvalue weighted by Crippen LogP contribution is 2.37. The molecule has 124 valence electrons. The van der Waals surface area contributed by atoms with E-state index in [-0.39, 0.29) is 12.1 Å². The number of pyridine rings is 1. The van der Waals surface area contributed by atoms with Gasteiger partial charge in [0.05, 0.1) is 0 Å². The van der Waals surface area contributed by atoms with Gasteiger partial charge in [0.15, 0.2) is 0 Å². The van der Waals surface area contributed by atoms with Crippen molar-refractivity contribution >= 4 is 17.4 Å². The molecule has 4 nitrogen and oxygen atoms in total. The summed E-state index contributed by atoms with van der Waals surface area (Å²) in [5.41, 5.74) is 4.93. The van der Waals surface area contributed by atoms with Crippen molar-refractivity contribution in [2.75, 3.05) is 10.2 Å². The molecule has 2 heterocycles. The second-order valence-corrected chi connectivity index (χ2v) is 6.37. The van der Waals surface area contributed by atoms with Gasteiger partial charge in [0.2, 0.25) is 0 Å². The summed E-state index contributed by atoms with van der Waals surface area (Å²) >= 11 is 0. The molecule has 1 aromatic heterocycles. The van der Waals surface area contributed by atoms with Crippen LogP contribution in [0.4, 0.5) is 11.5 Å². The zero-order valence-electron chi connectivity index (χ0n) is 14.2. The number of nitrogens with one attached hydrogen (secondary N) is 1. The molecule has 25 heavy (non-hydrogen) atoms. The van der Waals surface area contributed by atoms with Gasteiger partial charge in [-0.05, 0) is 49.7 Å². The zero-order valence-corrected chi connectivity index (χ0v) is 14.2. The Morgan fingerprint density at radius 1 is 0.960 bits per heavy atom. The van der Waals surface area contributed by atoms with Crippen LogP contribution in [0.25, 0.3) is 0 Å². The summed E-state index contributed by atoms with van der Waals surface area (Å²) in [5, 5.41) is 3.49. The molecular formula is C21H19N3O. The first-order valence-electron chi connectivity index (χ1n) is 8.32. The molecule has 0 aliphatic carbocycles. The number of benzene rings is 2. The lowest BCUT2D eigenvalue weighted by molar-refractivity contribution is 0.0992. The van der Waals surface area contributed by atoms with Gasteiger partial charge < -0.3 is 5.32 Å². The van der Waals surface area contributed by atoms with Crippen LogP contribution >= 0.6 is 0 Å². The fraction of sp³-hybridized carbons (Fsp3) is 0.143. The van der Waals surface area contributed by atoms with Crippen LogP contribution in [-0.4, -0.2) is 10.9 Å². The van der Waals surface area contributed by atoms with Crippen molar-refractivity contribution < 1.29 is 4.79 Å². The fourth-order valence-electron chi connectivity index (χ4n) is 3.15. The largest absolute Gasteiger partial charge is 0.361 e. The molecule has 1 amide bonds. The number of amides is 1. The molecule has 0 radical (unpaired) electrons. The second kappa shape index (κ2) is 6.06. The van der Waals surface area contributed by atoms with Gasteiger partial charge in [0.1, 0.15) is 12.0 Å². The molecule has 4 rings (SSSR count). The van der Waals surface area contributed by atoms with Gasteiger partial charge >= 0.3 is 0 Å². The van der Waals surface area contributed by atoms with Crippen LogP contribution in [0.2, 0.25) is 0 Å². The number of carbonyl (C=O) groups is 1. The monoisotopic (exact) mass is 329 g/mol. The van der Waals surface area contributed by atoms with E-state index in [0.717, 1.165) is 22.4 Å². The predicted molar refractivity (Wildman–Crippen MR) is 99.8 cm³/mol. The standard InChI is InChI=1S/C21H19N3O/c1-14-7-9-16(10-8-14)23-20-17-5-3-4-6-18(17)21(25)24(20)19-13-15(2)11-12-22-19/h3-13,20,23H,1-2H3. The molecule has 3 aromatic rings. The fourth-order valence-corrected chi connectivity index (χ4v) is 3.15. The van der Waals surface area contributed by atoms with Crippen LogP contribution < -0.4 is 10.2 Å². The van der Waals surface area contributed by atoms with Crippen molar-refractivity contribution in [2.45, 2.75) is 20.0 Å². The Kier molecular flexibility index (Phi) is 3.73. The van der Waals surface area contributed by atoms with Crippen molar-refractivity contribution in [3.05, 3.63) is 89.1 Å². The van der Waals surface area contributed by atoms with E-state index in [9.17, 15) is 4.79 Å². The number of aryl methyl sites for hydroxylation is 2. The Bertz CT molecular complexity index is 934. The maximum Gasteiger partial charge on any atom is 0.261 e. The van der Waals surface area contributed by atoms with Gasteiger partial charge in [0.25, 0.3) is 5.91 Å². The Morgan fingerprint density at radius 2 is 1.72 bits per heavy atom. The molecule has 4 heteroatoms. The summed E-state index contributed by atoms with van der Waals surface area (Å²) in [6, 6.07) is 19.8. The number of rotatable bonds is 3. The van der Waals surface area contributed by atoms with E-state index in [1.807, 2.05) is 55.5 Å². The van der Waals surface area contributed by atoms with Gasteiger partial charge in [-0.15, -0.1) is 0 Å². The third-order valence-corrected chi connectivity index (χ3v) is 4.47.